The van der Waals surface area contributed by atoms with Crippen LogP contribution in [0.2, 0.25) is 0 Å². The largest absolute Gasteiger partial charge is 2.00 e. The Morgan fingerprint density at radius 2 is 0.0826 bits per heavy atom. The van der Waals surface area contributed by atoms with Gasteiger partial charge in [-0.2, -0.15) is 0 Å². The van der Waals surface area contributed by atoms with Crippen LogP contribution < -0.4 is 10.2 Å². The summed E-state index contributed by atoms with van der Waals surface area (Å²) in [4.78, 5) is 256. The Morgan fingerprint density at radius 1 is 0.0826 bits per heavy atom. The predicted octanol–water partition coefficient (Wildman–Crippen LogP) is 3.62. The van der Waals surface area contributed by atoms with E-state index in [1.807, 2.05) is 0 Å². The standard InChI is InChI=1S/30CH2O3.Ca/c30*2-1(3)4;/h30*(H2,2,3,4);/q;;;;;;;;;;;;;;;;;;;;;;;;;;;;;;+2/p-2. The first-order chi connectivity index (χ1) is 52.0. The van der Waals surface area contributed by atoms with Crippen molar-refractivity contribution in [3.8, 4) is 0 Å². The zero-order valence-electron chi connectivity index (χ0n) is 54.7. The normalized spacial score (nSPS) is 5.95. The van der Waals surface area contributed by atoms with Crippen LogP contribution in [-0.4, -0.2) is 519 Å². The quantitative estimate of drug-likeness (QED) is 0.154. The molecule has 0 radical (unpaired) electrons. The van der Waals surface area contributed by atoms with Gasteiger partial charge in [0.25, 0.3) is 0 Å². The maximum Gasteiger partial charge on any atom is 2.00 e. The topological polar surface area (TPSA) is 1730 Å². The van der Waals surface area contributed by atoms with Crippen LogP contribution in [0, 0.1) is 0 Å². The van der Waals surface area contributed by atoms with Crippen molar-refractivity contribution in [2.24, 2.45) is 0 Å². The maximum atomic E-state index is 8.56. The molecule has 0 rings (SSSR count). The summed E-state index contributed by atoms with van der Waals surface area (Å²) in [5.41, 5.74) is 0. The van der Waals surface area contributed by atoms with E-state index in [9.17, 15) is 0 Å². The Hall–Kier alpha value is -20.6. The van der Waals surface area contributed by atoms with Gasteiger partial charge < -0.3 is 311 Å². The molecule has 0 amide bonds. The molecule has 0 aliphatic rings. The summed E-state index contributed by atoms with van der Waals surface area (Å²) in [5.74, 6) is 0. The van der Waals surface area contributed by atoms with E-state index in [1.165, 1.54) is 0 Å². The van der Waals surface area contributed by atoms with Crippen molar-refractivity contribution in [3.63, 3.8) is 0 Å². The van der Waals surface area contributed by atoms with E-state index in [1.54, 1.807) is 0 Å². The molecule has 0 aliphatic carbocycles. The molecule has 0 bridgehead atoms. The van der Waals surface area contributed by atoms with Gasteiger partial charge in [-0.3, -0.25) is 0 Å². The van der Waals surface area contributed by atoms with Gasteiger partial charge in [0.05, 0.1) is 0 Å². The van der Waals surface area contributed by atoms with E-state index in [-0.39, 0.29) is 37.7 Å². The van der Waals surface area contributed by atoms with Crippen LogP contribution >= 0.6 is 0 Å². The van der Waals surface area contributed by atoms with Gasteiger partial charge in [0.1, 0.15) is 0 Å². The Bertz CT molecular complexity index is 1680. The molecule has 90 nitrogen and oxygen atoms in total. The van der Waals surface area contributed by atoms with Crippen LogP contribution in [0.4, 0.5) is 144 Å². The number of carboxylic acid groups (broad SMARTS) is 60. The van der Waals surface area contributed by atoms with Gasteiger partial charge >= 0.3 is 216 Å². The van der Waals surface area contributed by atoms with Gasteiger partial charge in [-0.25, -0.2) is 139 Å². The van der Waals surface area contributed by atoms with Gasteiger partial charge in [-0.15, -0.1) is 0 Å². The summed E-state index contributed by atoms with van der Waals surface area (Å²) in [6, 6.07) is 0. The second-order valence-corrected chi connectivity index (χ2v) is 8.44. The second-order valence-electron chi connectivity index (χ2n) is 8.44. The van der Waals surface area contributed by atoms with E-state index < -0.39 is 185 Å². The zero-order chi connectivity index (χ0) is 107. The van der Waals surface area contributed by atoms with E-state index in [4.69, 9.17) is 450 Å². The molecule has 0 saturated carbocycles. The van der Waals surface area contributed by atoms with Gasteiger partial charge in [-0.1, -0.05) is 0 Å². The Kier molecular flexibility index (Phi) is 340. The minimum absolute atomic E-state index is 0. The van der Waals surface area contributed by atoms with E-state index >= 15 is 0 Å². The zero-order valence-corrected chi connectivity index (χ0v) is 56.9. The summed E-state index contributed by atoms with van der Waals surface area (Å²) in [6.45, 7) is 0. The molecule has 58 N–H and O–H groups in total. The summed E-state index contributed by atoms with van der Waals surface area (Å²) in [7, 11) is 0. The third-order valence-corrected chi connectivity index (χ3v) is 0. The number of hydrogen-bond acceptors (Lipinski definition) is 32. The molecule has 0 aromatic carbocycles. The predicted molar refractivity (Wildman–Crippen MR) is 320 cm³/mol. The molecule has 0 heterocycles. The number of carbonyl (C=O) groups is 30. The molecular weight excluding hydrogens is 1840 g/mol. The van der Waals surface area contributed by atoms with Crippen LogP contribution in [0.25, 0.3) is 0 Å². The first kappa shape index (κ1) is 206. The number of rotatable bonds is 0. The average molecular weight is 1900 g/mol. The van der Waals surface area contributed by atoms with Crippen molar-refractivity contribution >= 4 is 222 Å². The molecule has 0 aliphatic heterocycles. The molecule has 121 heavy (non-hydrogen) atoms. The molecule has 0 aromatic heterocycles. The van der Waals surface area contributed by atoms with E-state index in [0.717, 1.165) is 0 Å². The van der Waals surface area contributed by atoms with E-state index in [0.29, 0.717) is 0 Å². The third-order valence-electron chi connectivity index (χ3n) is 0. The van der Waals surface area contributed by atoms with Gasteiger partial charge in [0.2, 0.25) is 0 Å². The molecule has 0 fully saturated rings. The molecular formula is C30H58CaO90. The SMILES string of the molecule is O=C(O)O.O=C(O)O.O=C(O)O.O=C(O)O.O=C(O)O.O=C(O)O.O=C(O)O.O=C(O)O.O=C(O)O.O=C(O)O.O=C(O)O.O=C(O)O.O=C(O)O.O=C(O)O.O=C(O)O.O=C(O)O.O=C(O)O.O=C(O)O.O=C(O)O.O=C(O)O.O=C(O)O.O=C(O)O.O=C(O)O.O=C(O)O.O=C(O)O.O=C(O)O.O=C(O)O.O=C(O)O.O=C(O)O.O=C([O-])[O-].[Ca+2]. The molecule has 720 valence electrons. The summed E-state index contributed by atoms with van der Waals surface area (Å²) in [6.07, 6.45) is -55.5. The molecule has 0 unspecified atom stereocenters. The smallest absolute Gasteiger partial charge is 0.652 e. The molecule has 0 aromatic rings. The maximum absolute atomic E-state index is 8.56. The van der Waals surface area contributed by atoms with Crippen LogP contribution in [0.15, 0.2) is 0 Å². The Morgan fingerprint density at radius 3 is 0.0826 bits per heavy atom. The fourth-order valence-electron chi connectivity index (χ4n) is 0. The minimum Gasteiger partial charge on any atom is -0.652 e. The summed E-state index contributed by atoms with van der Waals surface area (Å²) >= 11 is 0. The van der Waals surface area contributed by atoms with Crippen molar-refractivity contribution in [1.82, 2.24) is 0 Å². The summed E-state index contributed by atoms with van der Waals surface area (Å²) < 4.78 is 0. The van der Waals surface area contributed by atoms with Crippen molar-refractivity contribution in [2.45, 2.75) is 0 Å². The molecule has 0 spiro atoms. The van der Waals surface area contributed by atoms with Crippen molar-refractivity contribution < 1.29 is 450 Å². The van der Waals surface area contributed by atoms with Gasteiger partial charge in [0.15, 0.2) is 0 Å². The van der Waals surface area contributed by atoms with Crippen molar-refractivity contribution in [1.29, 1.82) is 0 Å². The van der Waals surface area contributed by atoms with Crippen LogP contribution in [-0.2, 0) is 0 Å². The molecule has 0 atom stereocenters. The number of carbonyl (C=O) groups excluding carboxylic acids is 1. The first-order valence-corrected chi connectivity index (χ1v) is 19.5. The minimum atomic E-state index is -2.33. The van der Waals surface area contributed by atoms with Crippen LogP contribution in [0.1, 0.15) is 0 Å². The summed E-state index contributed by atoms with van der Waals surface area (Å²) in [5, 5.41) is 421. The fraction of sp³-hybridized carbons (Fsp3) is 0. The fourth-order valence-corrected chi connectivity index (χ4v) is 0. The van der Waals surface area contributed by atoms with Crippen LogP contribution in [0.3, 0.4) is 0 Å². The van der Waals surface area contributed by atoms with Crippen molar-refractivity contribution in [2.75, 3.05) is 0 Å². The average Bonchev–Trinajstić information content (AvgIpc) is 3.29. The molecule has 91 heteroatoms. The van der Waals surface area contributed by atoms with Gasteiger partial charge in [-0.05, 0) is 6.16 Å². The van der Waals surface area contributed by atoms with Crippen molar-refractivity contribution in [3.05, 3.63) is 0 Å². The monoisotopic (exact) mass is 1900 g/mol. The number of hydrogen-bond donors (Lipinski definition) is 58. The first-order valence-electron chi connectivity index (χ1n) is 19.5. The second kappa shape index (κ2) is 200. The Balaban J connectivity index is -0.0000000239. The Labute approximate surface area is 671 Å². The van der Waals surface area contributed by atoms with Gasteiger partial charge in [0, 0.05) is 0 Å². The third kappa shape index (κ3) is 2210. The van der Waals surface area contributed by atoms with E-state index in [2.05, 4.69) is 0 Å². The molecule has 0 saturated heterocycles. The van der Waals surface area contributed by atoms with Crippen LogP contribution in [0.5, 0.6) is 0 Å².